The number of halogens is 2. The lowest BCUT2D eigenvalue weighted by Crippen LogP contribution is -2.31. The number of nitrogens with zero attached hydrogens (tertiary/aromatic N) is 1. The van der Waals surface area contributed by atoms with Crippen molar-refractivity contribution in [3.63, 3.8) is 0 Å². The summed E-state index contributed by atoms with van der Waals surface area (Å²) in [5, 5.41) is 11.2. The van der Waals surface area contributed by atoms with E-state index in [0.29, 0.717) is 10.2 Å². The highest BCUT2D eigenvalue weighted by molar-refractivity contribution is 9.10. The predicted molar refractivity (Wildman–Crippen MR) is 57.6 cm³/mol. The second kappa shape index (κ2) is 4.97. The Labute approximate surface area is 94.7 Å². The van der Waals surface area contributed by atoms with Gasteiger partial charge < -0.3 is 15.7 Å². The van der Waals surface area contributed by atoms with Gasteiger partial charge in [-0.05, 0) is 41.1 Å². The van der Waals surface area contributed by atoms with Crippen LogP contribution in [0.25, 0.3) is 0 Å². The maximum Gasteiger partial charge on any atom is 0.180 e. The molecule has 0 aliphatic carbocycles. The molecule has 15 heavy (non-hydrogen) atoms. The molecule has 0 fully saturated rings. The molecule has 0 bridgehead atoms. The van der Waals surface area contributed by atoms with Crippen molar-refractivity contribution in [1.29, 1.82) is 0 Å². The highest BCUT2D eigenvalue weighted by Crippen LogP contribution is 2.26. The van der Waals surface area contributed by atoms with E-state index >= 15 is 0 Å². The molecule has 0 aliphatic heterocycles. The van der Waals surface area contributed by atoms with Crippen LogP contribution in [0.15, 0.2) is 27.8 Å². The zero-order chi connectivity index (χ0) is 11.4. The Hall–Kier alpha value is -1.30. The van der Waals surface area contributed by atoms with Crippen LogP contribution in [0.2, 0.25) is 0 Å². The highest BCUT2D eigenvalue weighted by atomic mass is 79.9. The van der Waals surface area contributed by atoms with E-state index in [4.69, 9.17) is 15.7 Å². The lowest BCUT2D eigenvalue weighted by atomic mass is 10.3. The highest BCUT2D eigenvalue weighted by Gasteiger charge is 2.11. The summed E-state index contributed by atoms with van der Waals surface area (Å²) in [6, 6.07) is 3.99. The first kappa shape index (κ1) is 11.8. The van der Waals surface area contributed by atoms with Gasteiger partial charge in [-0.15, -0.1) is 0 Å². The molecule has 0 aromatic heterocycles. The molecule has 6 heteroatoms. The lowest BCUT2D eigenvalue weighted by molar-refractivity contribution is 0.264. The summed E-state index contributed by atoms with van der Waals surface area (Å²) in [6.07, 6.45) is -0.586. The Balaban J connectivity index is 2.81. The first-order valence-corrected chi connectivity index (χ1v) is 4.93. The van der Waals surface area contributed by atoms with Crippen LogP contribution in [0.4, 0.5) is 4.39 Å². The standard InChI is InChI=1S/C9H10BrFN2O2/c1-5(9(12)13-14)15-8-3-2-6(11)4-7(8)10/h2-5,14H,1H3,(H2,12,13). The number of oxime groups is 1. The van der Waals surface area contributed by atoms with Gasteiger partial charge in [-0.25, -0.2) is 4.39 Å². The van der Waals surface area contributed by atoms with Crippen molar-refractivity contribution < 1.29 is 14.3 Å². The summed E-state index contributed by atoms with van der Waals surface area (Å²) >= 11 is 3.14. The molecule has 0 heterocycles. The molecule has 4 nitrogen and oxygen atoms in total. The molecule has 0 radical (unpaired) electrons. The molecular weight excluding hydrogens is 267 g/mol. The van der Waals surface area contributed by atoms with E-state index in [1.165, 1.54) is 18.2 Å². The molecule has 0 amide bonds. The number of hydrogen-bond donors (Lipinski definition) is 2. The van der Waals surface area contributed by atoms with Gasteiger partial charge in [0, 0.05) is 0 Å². The fourth-order valence-electron chi connectivity index (χ4n) is 0.903. The molecule has 1 aromatic carbocycles. The van der Waals surface area contributed by atoms with Crippen molar-refractivity contribution in [1.82, 2.24) is 0 Å². The summed E-state index contributed by atoms with van der Waals surface area (Å²) in [5.74, 6) is 0.00685. The SMILES string of the molecule is CC(Oc1ccc(F)cc1Br)C(N)=NO. The van der Waals surface area contributed by atoms with Crippen molar-refractivity contribution in [2.24, 2.45) is 10.9 Å². The largest absolute Gasteiger partial charge is 0.482 e. The van der Waals surface area contributed by atoms with Gasteiger partial charge in [-0.1, -0.05) is 5.16 Å². The van der Waals surface area contributed by atoms with Crippen molar-refractivity contribution >= 4 is 21.8 Å². The van der Waals surface area contributed by atoms with Crippen LogP contribution in [-0.4, -0.2) is 17.1 Å². The van der Waals surface area contributed by atoms with Crippen LogP contribution in [0.1, 0.15) is 6.92 Å². The Morgan fingerprint density at radius 3 is 2.87 bits per heavy atom. The van der Waals surface area contributed by atoms with E-state index in [1.807, 2.05) is 0 Å². The topological polar surface area (TPSA) is 67.8 Å². The number of nitrogens with two attached hydrogens (primary N) is 1. The van der Waals surface area contributed by atoms with E-state index in [1.54, 1.807) is 6.92 Å². The first-order valence-electron chi connectivity index (χ1n) is 4.13. The van der Waals surface area contributed by atoms with Gasteiger partial charge in [0.25, 0.3) is 0 Å². The van der Waals surface area contributed by atoms with Crippen molar-refractivity contribution in [2.45, 2.75) is 13.0 Å². The molecular formula is C9H10BrFN2O2. The number of amidine groups is 1. The maximum absolute atomic E-state index is 12.7. The summed E-state index contributed by atoms with van der Waals surface area (Å²) in [7, 11) is 0. The third kappa shape index (κ3) is 3.09. The van der Waals surface area contributed by atoms with Crippen molar-refractivity contribution in [3.05, 3.63) is 28.5 Å². The monoisotopic (exact) mass is 276 g/mol. The molecule has 1 unspecified atom stereocenters. The zero-order valence-corrected chi connectivity index (χ0v) is 9.53. The number of rotatable bonds is 3. The molecule has 1 atom stereocenters. The van der Waals surface area contributed by atoms with Crippen molar-refractivity contribution in [2.75, 3.05) is 0 Å². The van der Waals surface area contributed by atoms with E-state index in [-0.39, 0.29) is 11.7 Å². The third-order valence-electron chi connectivity index (χ3n) is 1.73. The Bertz CT molecular complexity index is 384. The molecule has 0 spiro atoms. The summed E-state index contributed by atoms with van der Waals surface area (Å²) in [5.41, 5.74) is 5.33. The smallest absolute Gasteiger partial charge is 0.180 e. The normalized spacial score (nSPS) is 13.7. The van der Waals surface area contributed by atoms with E-state index in [2.05, 4.69) is 21.1 Å². The van der Waals surface area contributed by atoms with Gasteiger partial charge in [0.1, 0.15) is 11.6 Å². The van der Waals surface area contributed by atoms with Gasteiger partial charge in [0.2, 0.25) is 0 Å². The fourth-order valence-corrected chi connectivity index (χ4v) is 1.35. The minimum atomic E-state index is -0.586. The Morgan fingerprint density at radius 2 is 2.33 bits per heavy atom. The fraction of sp³-hybridized carbons (Fsp3) is 0.222. The summed E-state index contributed by atoms with van der Waals surface area (Å²) in [6.45, 7) is 1.62. The maximum atomic E-state index is 12.7. The number of ether oxygens (including phenoxy) is 1. The van der Waals surface area contributed by atoms with Gasteiger partial charge in [0.15, 0.2) is 11.9 Å². The van der Waals surface area contributed by atoms with Gasteiger partial charge in [0.05, 0.1) is 4.47 Å². The van der Waals surface area contributed by atoms with Crippen LogP contribution < -0.4 is 10.5 Å². The van der Waals surface area contributed by atoms with Crippen LogP contribution in [0.5, 0.6) is 5.75 Å². The molecule has 0 saturated carbocycles. The molecule has 0 aliphatic rings. The average molecular weight is 277 g/mol. The van der Waals surface area contributed by atoms with Gasteiger partial charge in [-0.3, -0.25) is 0 Å². The Morgan fingerprint density at radius 1 is 1.67 bits per heavy atom. The van der Waals surface area contributed by atoms with Gasteiger partial charge >= 0.3 is 0 Å². The molecule has 3 N–H and O–H groups in total. The van der Waals surface area contributed by atoms with E-state index < -0.39 is 6.10 Å². The first-order chi connectivity index (χ1) is 7.04. The second-order valence-corrected chi connectivity index (χ2v) is 3.71. The predicted octanol–water partition coefficient (Wildman–Crippen LogP) is 2.10. The quantitative estimate of drug-likeness (QED) is 0.385. The number of hydrogen-bond acceptors (Lipinski definition) is 3. The minimum absolute atomic E-state index is 0.0498. The van der Waals surface area contributed by atoms with E-state index in [9.17, 15) is 4.39 Å². The summed E-state index contributed by atoms with van der Waals surface area (Å²) in [4.78, 5) is 0. The summed E-state index contributed by atoms with van der Waals surface area (Å²) < 4.78 is 18.5. The van der Waals surface area contributed by atoms with Crippen LogP contribution >= 0.6 is 15.9 Å². The van der Waals surface area contributed by atoms with Crippen LogP contribution in [-0.2, 0) is 0 Å². The molecule has 1 rings (SSSR count). The molecule has 82 valence electrons. The Kier molecular flexibility index (Phi) is 3.90. The number of benzene rings is 1. The molecule has 1 aromatic rings. The van der Waals surface area contributed by atoms with Crippen LogP contribution in [0.3, 0.4) is 0 Å². The average Bonchev–Trinajstić information content (AvgIpc) is 2.20. The minimum Gasteiger partial charge on any atom is -0.482 e. The lowest BCUT2D eigenvalue weighted by Gasteiger charge is -2.14. The second-order valence-electron chi connectivity index (χ2n) is 2.86. The van der Waals surface area contributed by atoms with Crippen LogP contribution in [0, 0.1) is 5.82 Å². The van der Waals surface area contributed by atoms with Gasteiger partial charge in [-0.2, -0.15) is 0 Å². The third-order valence-corrected chi connectivity index (χ3v) is 2.35. The zero-order valence-electron chi connectivity index (χ0n) is 7.95. The van der Waals surface area contributed by atoms with Crippen molar-refractivity contribution in [3.8, 4) is 5.75 Å². The van der Waals surface area contributed by atoms with E-state index in [0.717, 1.165) is 0 Å². The molecule has 0 saturated heterocycles.